The normalized spacial score (nSPS) is 11.1. The van der Waals surface area contributed by atoms with Crippen molar-refractivity contribution < 1.29 is 0 Å². The van der Waals surface area contributed by atoms with Crippen LogP contribution in [-0.4, -0.2) is 9.97 Å². The lowest BCUT2D eigenvalue weighted by Crippen LogP contribution is -1.95. The Morgan fingerprint density at radius 3 is 2.86 bits per heavy atom. The first-order chi connectivity index (χ1) is 10.8. The van der Waals surface area contributed by atoms with Gasteiger partial charge in [-0.1, -0.05) is 18.2 Å². The molecule has 0 atom stereocenters. The van der Waals surface area contributed by atoms with Crippen LogP contribution in [0.15, 0.2) is 59.6 Å². The molecule has 0 saturated heterocycles. The summed E-state index contributed by atoms with van der Waals surface area (Å²) in [6.45, 7) is 0.550. The van der Waals surface area contributed by atoms with E-state index in [1.54, 1.807) is 11.3 Å². The Labute approximate surface area is 132 Å². The molecule has 0 aliphatic carbocycles. The number of nitrogens with zero attached hydrogens (tertiary/aromatic N) is 1. The van der Waals surface area contributed by atoms with Gasteiger partial charge >= 0.3 is 0 Å². The summed E-state index contributed by atoms with van der Waals surface area (Å²) in [6.07, 6.45) is 3.94. The van der Waals surface area contributed by atoms with E-state index >= 15 is 0 Å². The number of rotatable bonds is 3. The average molecular weight is 305 g/mol. The molecule has 0 amide bonds. The molecule has 3 N–H and O–H groups in total. The predicted octanol–water partition coefficient (Wildman–Crippen LogP) is 4.42. The highest BCUT2D eigenvalue weighted by Crippen LogP contribution is 2.31. The van der Waals surface area contributed by atoms with Gasteiger partial charge in [-0.15, -0.1) is 0 Å². The van der Waals surface area contributed by atoms with E-state index in [1.165, 1.54) is 11.1 Å². The number of thiophene rings is 1. The number of nitrogens with one attached hydrogen (secondary N) is 1. The highest BCUT2D eigenvalue weighted by Gasteiger charge is 2.09. The van der Waals surface area contributed by atoms with Crippen molar-refractivity contribution in [1.29, 1.82) is 0 Å². The summed E-state index contributed by atoms with van der Waals surface area (Å²) in [4.78, 5) is 7.81. The molecule has 4 rings (SSSR count). The molecular weight excluding hydrogens is 290 g/mol. The minimum atomic E-state index is 0.550. The topological polar surface area (TPSA) is 54.7 Å². The third-order valence-corrected chi connectivity index (χ3v) is 4.54. The monoisotopic (exact) mass is 305 g/mol. The van der Waals surface area contributed by atoms with Crippen LogP contribution in [0.4, 0.5) is 0 Å². The van der Waals surface area contributed by atoms with Crippen molar-refractivity contribution >= 4 is 22.4 Å². The van der Waals surface area contributed by atoms with E-state index in [0.29, 0.717) is 6.54 Å². The van der Waals surface area contributed by atoms with Crippen molar-refractivity contribution in [2.24, 2.45) is 5.73 Å². The average Bonchev–Trinajstić information content (AvgIpc) is 3.23. The molecule has 4 heteroatoms. The number of H-pyrrole nitrogens is 1. The lowest BCUT2D eigenvalue weighted by molar-refractivity contribution is 1.07. The van der Waals surface area contributed by atoms with E-state index in [4.69, 9.17) is 5.73 Å². The molecule has 0 saturated carbocycles. The second-order valence-electron chi connectivity index (χ2n) is 5.24. The van der Waals surface area contributed by atoms with Gasteiger partial charge in [-0.25, -0.2) is 4.98 Å². The number of pyridine rings is 1. The largest absolute Gasteiger partial charge is 0.346 e. The van der Waals surface area contributed by atoms with Crippen LogP contribution in [0.25, 0.3) is 33.3 Å². The fourth-order valence-corrected chi connectivity index (χ4v) is 3.36. The second-order valence-corrected chi connectivity index (χ2v) is 6.02. The van der Waals surface area contributed by atoms with Crippen LogP contribution in [0.1, 0.15) is 5.56 Å². The Morgan fingerprint density at radius 2 is 2.05 bits per heavy atom. The maximum absolute atomic E-state index is 5.75. The van der Waals surface area contributed by atoms with Crippen molar-refractivity contribution in [2.75, 3.05) is 0 Å². The molecule has 0 fully saturated rings. The van der Waals surface area contributed by atoms with Crippen LogP contribution < -0.4 is 5.73 Å². The van der Waals surface area contributed by atoms with E-state index in [0.717, 1.165) is 27.7 Å². The summed E-state index contributed by atoms with van der Waals surface area (Å²) in [7, 11) is 0. The van der Waals surface area contributed by atoms with Crippen LogP contribution >= 0.6 is 11.3 Å². The number of benzene rings is 1. The maximum Gasteiger partial charge on any atom is 0.137 e. The SMILES string of the molecule is NCc1cccc(-c2c[nH]c3ncc(-c4ccsc4)cc23)c1. The van der Waals surface area contributed by atoms with E-state index in [1.807, 2.05) is 24.5 Å². The molecule has 3 aromatic heterocycles. The van der Waals surface area contributed by atoms with Crippen molar-refractivity contribution in [3.8, 4) is 22.3 Å². The zero-order chi connectivity index (χ0) is 14.9. The predicted molar refractivity (Wildman–Crippen MR) is 92.7 cm³/mol. The molecule has 4 aromatic rings. The smallest absolute Gasteiger partial charge is 0.137 e. The number of hydrogen-bond donors (Lipinski definition) is 2. The summed E-state index contributed by atoms with van der Waals surface area (Å²) in [5.41, 5.74) is 12.5. The Morgan fingerprint density at radius 1 is 1.09 bits per heavy atom. The highest BCUT2D eigenvalue weighted by molar-refractivity contribution is 7.08. The number of nitrogens with two attached hydrogens (primary N) is 1. The molecule has 0 aliphatic heterocycles. The first-order valence-corrected chi connectivity index (χ1v) is 8.08. The minimum Gasteiger partial charge on any atom is -0.346 e. The van der Waals surface area contributed by atoms with Crippen molar-refractivity contribution in [3.05, 3.63) is 65.1 Å². The van der Waals surface area contributed by atoms with Gasteiger partial charge in [0, 0.05) is 35.5 Å². The summed E-state index contributed by atoms with van der Waals surface area (Å²) in [5.74, 6) is 0. The van der Waals surface area contributed by atoms with Crippen molar-refractivity contribution in [1.82, 2.24) is 9.97 Å². The fraction of sp³-hybridized carbons (Fsp3) is 0.0556. The number of hydrogen-bond acceptors (Lipinski definition) is 3. The van der Waals surface area contributed by atoms with Crippen LogP contribution in [0.2, 0.25) is 0 Å². The number of aromatic nitrogens is 2. The van der Waals surface area contributed by atoms with E-state index < -0.39 is 0 Å². The molecule has 1 aromatic carbocycles. The Balaban J connectivity index is 1.89. The standard InChI is InChI=1S/C18H15N3S/c19-8-12-2-1-3-13(6-12)17-10-21-18-16(17)7-15(9-20-18)14-4-5-22-11-14/h1-7,9-11H,8,19H2,(H,20,21). The summed E-state index contributed by atoms with van der Waals surface area (Å²) in [6, 6.07) is 12.7. The lowest BCUT2D eigenvalue weighted by Gasteiger charge is -2.04. The Kier molecular flexibility index (Phi) is 3.25. The highest BCUT2D eigenvalue weighted by atomic mass is 32.1. The van der Waals surface area contributed by atoms with Crippen molar-refractivity contribution in [2.45, 2.75) is 6.54 Å². The first-order valence-electron chi connectivity index (χ1n) is 7.14. The van der Waals surface area contributed by atoms with Crippen molar-refractivity contribution in [3.63, 3.8) is 0 Å². The Bertz CT molecular complexity index is 923. The molecule has 3 heterocycles. The summed E-state index contributed by atoms with van der Waals surface area (Å²) < 4.78 is 0. The fourth-order valence-electron chi connectivity index (χ4n) is 2.69. The van der Waals surface area contributed by atoms with Crippen LogP contribution in [0.5, 0.6) is 0 Å². The summed E-state index contributed by atoms with van der Waals surface area (Å²) in [5, 5.41) is 5.37. The van der Waals surface area contributed by atoms with Crippen LogP contribution in [0, 0.1) is 0 Å². The zero-order valence-corrected chi connectivity index (χ0v) is 12.7. The summed E-state index contributed by atoms with van der Waals surface area (Å²) >= 11 is 1.70. The minimum absolute atomic E-state index is 0.550. The molecule has 0 unspecified atom stereocenters. The molecule has 0 radical (unpaired) electrons. The third kappa shape index (κ3) is 2.22. The van der Waals surface area contributed by atoms with Gasteiger partial charge in [0.25, 0.3) is 0 Å². The van der Waals surface area contributed by atoms with E-state index in [2.05, 4.69) is 45.0 Å². The van der Waals surface area contributed by atoms with Crippen LogP contribution in [0.3, 0.4) is 0 Å². The molecule has 108 valence electrons. The zero-order valence-electron chi connectivity index (χ0n) is 11.9. The quantitative estimate of drug-likeness (QED) is 0.589. The van der Waals surface area contributed by atoms with Gasteiger partial charge in [0.1, 0.15) is 5.65 Å². The molecule has 0 aliphatic rings. The van der Waals surface area contributed by atoms with Crippen LogP contribution in [-0.2, 0) is 6.54 Å². The molecule has 3 nitrogen and oxygen atoms in total. The number of fused-ring (bicyclic) bond motifs is 1. The molecular formula is C18H15N3S. The van der Waals surface area contributed by atoms with E-state index in [-0.39, 0.29) is 0 Å². The number of aromatic amines is 1. The van der Waals surface area contributed by atoms with Gasteiger partial charge in [-0.2, -0.15) is 11.3 Å². The van der Waals surface area contributed by atoms with Gasteiger partial charge in [-0.05, 0) is 45.6 Å². The van der Waals surface area contributed by atoms with Gasteiger partial charge < -0.3 is 10.7 Å². The maximum atomic E-state index is 5.75. The molecule has 22 heavy (non-hydrogen) atoms. The van der Waals surface area contributed by atoms with Gasteiger partial charge in [0.05, 0.1) is 0 Å². The third-order valence-electron chi connectivity index (χ3n) is 3.86. The van der Waals surface area contributed by atoms with Gasteiger partial charge in [-0.3, -0.25) is 0 Å². The van der Waals surface area contributed by atoms with Gasteiger partial charge in [0.2, 0.25) is 0 Å². The van der Waals surface area contributed by atoms with E-state index in [9.17, 15) is 0 Å². The second kappa shape index (κ2) is 5.40. The first kappa shape index (κ1) is 13.2. The molecule has 0 spiro atoms. The lowest BCUT2D eigenvalue weighted by atomic mass is 10.0. The van der Waals surface area contributed by atoms with Gasteiger partial charge in [0.15, 0.2) is 0 Å². The molecule has 0 bridgehead atoms. The Hall–Kier alpha value is -2.43.